The van der Waals surface area contributed by atoms with Gasteiger partial charge in [-0.25, -0.2) is 4.79 Å². The van der Waals surface area contributed by atoms with Crippen LogP contribution in [0.3, 0.4) is 0 Å². The molecule has 0 aliphatic carbocycles. The molecule has 0 unspecified atom stereocenters. The first-order valence-corrected chi connectivity index (χ1v) is 5.59. The molecule has 1 aliphatic rings. The van der Waals surface area contributed by atoms with E-state index >= 15 is 0 Å². The summed E-state index contributed by atoms with van der Waals surface area (Å²) in [6.07, 6.45) is -0.00160. The lowest BCUT2D eigenvalue weighted by Gasteiger charge is -2.16. The van der Waals surface area contributed by atoms with E-state index in [0.29, 0.717) is 13.2 Å². The Labute approximate surface area is 95.5 Å². The van der Waals surface area contributed by atoms with Crippen LogP contribution in [-0.2, 0) is 14.3 Å². The van der Waals surface area contributed by atoms with Crippen molar-refractivity contribution in [3.05, 3.63) is 0 Å². The van der Waals surface area contributed by atoms with E-state index in [0.717, 1.165) is 6.42 Å². The molecule has 5 heteroatoms. The van der Waals surface area contributed by atoms with Crippen LogP contribution in [0.25, 0.3) is 0 Å². The van der Waals surface area contributed by atoms with Crippen LogP contribution in [0.4, 0.5) is 4.79 Å². The van der Waals surface area contributed by atoms with Crippen LogP contribution in [0, 0.1) is 5.92 Å². The van der Waals surface area contributed by atoms with Gasteiger partial charge in [0.05, 0.1) is 19.3 Å². The fourth-order valence-corrected chi connectivity index (χ4v) is 1.54. The van der Waals surface area contributed by atoms with Crippen molar-refractivity contribution in [2.24, 2.45) is 5.92 Å². The van der Waals surface area contributed by atoms with Crippen LogP contribution in [0.5, 0.6) is 0 Å². The molecule has 1 rings (SSSR count). The predicted octanol–water partition coefficient (Wildman–Crippen LogP) is 1.12. The second-order valence-electron chi connectivity index (χ2n) is 4.31. The van der Waals surface area contributed by atoms with Gasteiger partial charge in [0.25, 0.3) is 0 Å². The SMILES string of the molecule is CC(C)C(=O)[C@H](C)NC(=O)O[C@@H]1CCOC1. The first-order valence-electron chi connectivity index (χ1n) is 5.59. The number of amides is 1. The number of nitrogens with one attached hydrogen (secondary N) is 1. The molecule has 16 heavy (non-hydrogen) atoms. The molecule has 0 aromatic heterocycles. The molecule has 0 saturated carbocycles. The Morgan fingerprint density at radius 2 is 2.06 bits per heavy atom. The van der Waals surface area contributed by atoms with E-state index in [-0.39, 0.29) is 17.8 Å². The highest BCUT2D eigenvalue weighted by molar-refractivity contribution is 5.88. The molecule has 0 radical (unpaired) electrons. The maximum atomic E-state index is 11.5. The minimum Gasteiger partial charge on any atom is -0.444 e. The third-order valence-corrected chi connectivity index (χ3v) is 2.49. The minimum absolute atomic E-state index is 0.000350. The van der Waals surface area contributed by atoms with Crippen LogP contribution in [-0.4, -0.2) is 37.2 Å². The topological polar surface area (TPSA) is 64.6 Å². The van der Waals surface area contributed by atoms with E-state index in [1.165, 1.54) is 0 Å². The lowest BCUT2D eigenvalue weighted by atomic mass is 10.0. The van der Waals surface area contributed by atoms with E-state index in [1.54, 1.807) is 20.8 Å². The number of alkyl carbamates (subject to hydrolysis) is 1. The largest absolute Gasteiger partial charge is 0.444 e. The van der Waals surface area contributed by atoms with Crippen LogP contribution < -0.4 is 5.32 Å². The zero-order chi connectivity index (χ0) is 12.1. The summed E-state index contributed by atoms with van der Waals surface area (Å²) >= 11 is 0. The predicted molar refractivity (Wildman–Crippen MR) is 58.1 cm³/mol. The quantitative estimate of drug-likeness (QED) is 0.784. The first kappa shape index (κ1) is 13.0. The molecule has 0 aromatic rings. The number of ketones is 1. The fraction of sp³-hybridized carbons (Fsp3) is 0.818. The van der Waals surface area contributed by atoms with Crippen molar-refractivity contribution < 1.29 is 19.1 Å². The number of carbonyl (C=O) groups is 2. The lowest BCUT2D eigenvalue weighted by Crippen LogP contribution is -2.42. The third kappa shape index (κ3) is 3.81. The van der Waals surface area contributed by atoms with E-state index in [2.05, 4.69) is 5.32 Å². The minimum atomic E-state index is -0.544. The maximum absolute atomic E-state index is 11.5. The van der Waals surface area contributed by atoms with Crippen LogP contribution >= 0.6 is 0 Å². The summed E-state index contributed by atoms with van der Waals surface area (Å²) in [5.41, 5.74) is 0. The van der Waals surface area contributed by atoms with Gasteiger partial charge in [0.15, 0.2) is 5.78 Å². The zero-order valence-electron chi connectivity index (χ0n) is 9.99. The Morgan fingerprint density at radius 3 is 2.56 bits per heavy atom. The fourth-order valence-electron chi connectivity index (χ4n) is 1.54. The van der Waals surface area contributed by atoms with Gasteiger partial charge in [-0.05, 0) is 6.92 Å². The highest BCUT2D eigenvalue weighted by Crippen LogP contribution is 2.08. The number of hydrogen-bond acceptors (Lipinski definition) is 4. The van der Waals surface area contributed by atoms with Gasteiger partial charge < -0.3 is 14.8 Å². The van der Waals surface area contributed by atoms with Crippen molar-refractivity contribution >= 4 is 11.9 Å². The van der Waals surface area contributed by atoms with Crippen molar-refractivity contribution in [3.63, 3.8) is 0 Å². The molecule has 92 valence electrons. The van der Waals surface area contributed by atoms with Gasteiger partial charge in [-0.15, -0.1) is 0 Å². The van der Waals surface area contributed by atoms with Crippen molar-refractivity contribution in [1.82, 2.24) is 5.32 Å². The Hall–Kier alpha value is -1.10. The molecule has 0 spiro atoms. The van der Waals surface area contributed by atoms with Crippen LogP contribution in [0.1, 0.15) is 27.2 Å². The van der Waals surface area contributed by atoms with Crippen molar-refractivity contribution in [1.29, 1.82) is 0 Å². The Bertz CT molecular complexity index is 259. The van der Waals surface area contributed by atoms with E-state index in [1.807, 2.05) is 0 Å². The summed E-state index contributed by atoms with van der Waals surface area (Å²) in [6, 6.07) is -0.505. The molecule has 1 heterocycles. The second kappa shape index (κ2) is 5.84. The summed E-state index contributed by atoms with van der Waals surface area (Å²) in [5, 5.41) is 2.52. The average Bonchev–Trinajstić information content (AvgIpc) is 2.68. The van der Waals surface area contributed by atoms with Gasteiger partial charge in [-0.3, -0.25) is 4.79 Å². The number of ether oxygens (including phenoxy) is 2. The second-order valence-corrected chi connectivity index (χ2v) is 4.31. The smallest absolute Gasteiger partial charge is 0.408 e. The Morgan fingerprint density at radius 1 is 1.38 bits per heavy atom. The average molecular weight is 229 g/mol. The van der Waals surface area contributed by atoms with E-state index in [4.69, 9.17) is 9.47 Å². The van der Waals surface area contributed by atoms with Crippen LogP contribution in [0.15, 0.2) is 0 Å². The van der Waals surface area contributed by atoms with Gasteiger partial charge in [0.2, 0.25) is 0 Å². The number of Topliss-reactive ketones (excluding diaryl/α,β-unsaturated/α-hetero) is 1. The van der Waals surface area contributed by atoms with Gasteiger partial charge in [-0.2, -0.15) is 0 Å². The molecule has 1 aliphatic heterocycles. The zero-order valence-corrected chi connectivity index (χ0v) is 9.99. The molecular weight excluding hydrogens is 210 g/mol. The van der Waals surface area contributed by atoms with Crippen LogP contribution in [0.2, 0.25) is 0 Å². The monoisotopic (exact) mass is 229 g/mol. The number of carbonyl (C=O) groups excluding carboxylic acids is 2. The Balaban J connectivity index is 2.30. The van der Waals surface area contributed by atoms with Crippen molar-refractivity contribution in [3.8, 4) is 0 Å². The Kier molecular flexibility index (Phi) is 4.73. The first-order chi connectivity index (χ1) is 7.50. The summed E-state index contributed by atoms with van der Waals surface area (Å²) in [6.45, 7) is 6.33. The number of rotatable bonds is 4. The van der Waals surface area contributed by atoms with Gasteiger partial charge in [0, 0.05) is 12.3 Å². The molecule has 1 N–H and O–H groups in total. The van der Waals surface area contributed by atoms with Gasteiger partial charge in [0.1, 0.15) is 6.10 Å². The molecule has 1 fully saturated rings. The van der Waals surface area contributed by atoms with Gasteiger partial charge in [-0.1, -0.05) is 13.8 Å². The summed E-state index contributed by atoms with van der Waals surface area (Å²) in [5.74, 6) is -0.0928. The molecule has 2 atom stereocenters. The third-order valence-electron chi connectivity index (χ3n) is 2.49. The summed E-state index contributed by atoms with van der Waals surface area (Å²) in [4.78, 5) is 22.9. The molecule has 0 bridgehead atoms. The molecular formula is C11H19NO4. The standard InChI is InChI=1S/C11H19NO4/c1-7(2)10(13)8(3)12-11(14)16-9-4-5-15-6-9/h7-9H,4-6H2,1-3H3,(H,12,14)/t8-,9+/m0/s1. The van der Waals surface area contributed by atoms with Crippen molar-refractivity contribution in [2.75, 3.05) is 13.2 Å². The summed E-state index contributed by atoms with van der Waals surface area (Å²) in [7, 11) is 0. The van der Waals surface area contributed by atoms with E-state index < -0.39 is 12.1 Å². The highest BCUT2D eigenvalue weighted by atomic mass is 16.6. The maximum Gasteiger partial charge on any atom is 0.408 e. The summed E-state index contributed by atoms with van der Waals surface area (Å²) < 4.78 is 10.2. The molecule has 1 amide bonds. The highest BCUT2D eigenvalue weighted by Gasteiger charge is 2.23. The van der Waals surface area contributed by atoms with Gasteiger partial charge >= 0.3 is 6.09 Å². The number of hydrogen-bond donors (Lipinski definition) is 1. The van der Waals surface area contributed by atoms with E-state index in [9.17, 15) is 9.59 Å². The normalized spacial score (nSPS) is 21.9. The molecule has 5 nitrogen and oxygen atoms in total. The van der Waals surface area contributed by atoms with Crippen molar-refractivity contribution in [2.45, 2.75) is 39.3 Å². The molecule has 0 aromatic carbocycles. The lowest BCUT2D eigenvalue weighted by molar-refractivity contribution is -0.123. The molecule has 1 saturated heterocycles.